The lowest BCUT2D eigenvalue weighted by Gasteiger charge is -2.05. The van der Waals surface area contributed by atoms with Crippen molar-refractivity contribution in [1.29, 1.82) is 0 Å². The molecule has 0 amide bonds. The van der Waals surface area contributed by atoms with Crippen molar-refractivity contribution in [2.75, 3.05) is 5.73 Å². The van der Waals surface area contributed by atoms with E-state index in [9.17, 15) is 8.78 Å². The van der Waals surface area contributed by atoms with Crippen molar-refractivity contribution in [2.24, 2.45) is 0 Å². The van der Waals surface area contributed by atoms with Gasteiger partial charge in [0.25, 0.3) is 6.43 Å². The molecule has 12 heavy (non-hydrogen) atoms. The van der Waals surface area contributed by atoms with Crippen molar-refractivity contribution in [2.45, 2.75) is 6.43 Å². The van der Waals surface area contributed by atoms with Crippen LogP contribution in [-0.4, -0.2) is 0 Å². The van der Waals surface area contributed by atoms with Gasteiger partial charge < -0.3 is 5.73 Å². The molecule has 0 heterocycles. The van der Waals surface area contributed by atoms with Gasteiger partial charge in [0.1, 0.15) is 0 Å². The molecule has 0 radical (unpaired) electrons. The average molecular weight is 256 g/mol. The molecule has 0 saturated carbocycles. The molecule has 2 N–H and O–H groups in total. The number of hydrogen-bond donors (Lipinski definition) is 1. The molecule has 0 spiro atoms. The largest absolute Gasteiger partial charge is 0.398 e. The second-order valence-corrected chi connectivity index (χ2v) is 3.46. The van der Waals surface area contributed by atoms with E-state index in [0.717, 1.165) is 6.07 Å². The first-order chi connectivity index (χ1) is 5.52. The van der Waals surface area contributed by atoms with Gasteiger partial charge in [0.15, 0.2) is 0 Å². The fraction of sp³-hybridized carbons (Fsp3) is 0.143. The predicted molar refractivity (Wildman–Crippen MR) is 48.5 cm³/mol. The van der Waals surface area contributed by atoms with Crippen molar-refractivity contribution < 1.29 is 8.78 Å². The first kappa shape index (κ1) is 9.74. The summed E-state index contributed by atoms with van der Waals surface area (Å²) in [5.41, 5.74) is 5.13. The molecule has 1 rings (SSSR count). The van der Waals surface area contributed by atoms with E-state index in [1.807, 2.05) is 0 Å². The highest BCUT2D eigenvalue weighted by Gasteiger charge is 2.13. The fourth-order valence-corrected chi connectivity index (χ4v) is 1.30. The van der Waals surface area contributed by atoms with E-state index in [1.165, 1.54) is 6.07 Å². The van der Waals surface area contributed by atoms with E-state index >= 15 is 0 Å². The van der Waals surface area contributed by atoms with Crippen LogP contribution in [0.5, 0.6) is 0 Å². The lowest BCUT2D eigenvalue weighted by atomic mass is 10.2. The lowest BCUT2D eigenvalue weighted by Crippen LogP contribution is -1.94. The molecule has 0 aliphatic heterocycles. The van der Waals surface area contributed by atoms with Gasteiger partial charge in [-0.15, -0.1) is 0 Å². The maximum atomic E-state index is 12.2. The summed E-state index contributed by atoms with van der Waals surface area (Å²) in [5.74, 6) is 0. The van der Waals surface area contributed by atoms with Crippen LogP contribution in [0.15, 0.2) is 16.6 Å². The summed E-state index contributed by atoms with van der Waals surface area (Å²) in [6, 6.07) is 2.52. The van der Waals surface area contributed by atoms with Crippen LogP contribution >= 0.6 is 27.5 Å². The molecular formula is C7H5BrClF2N. The maximum Gasteiger partial charge on any atom is 0.265 e. The van der Waals surface area contributed by atoms with Gasteiger partial charge in [0.05, 0.1) is 5.02 Å². The minimum absolute atomic E-state index is 0.0428. The number of hydrogen-bond acceptors (Lipinski definition) is 1. The molecule has 1 aromatic carbocycles. The van der Waals surface area contributed by atoms with Crippen LogP contribution in [0.1, 0.15) is 12.0 Å². The third kappa shape index (κ3) is 1.87. The van der Waals surface area contributed by atoms with Crippen molar-refractivity contribution in [3.05, 3.63) is 27.2 Å². The molecule has 1 nitrogen and oxygen atoms in total. The summed E-state index contributed by atoms with van der Waals surface area (Å²) in [6.07, 6.45) is -2.59. The van der Waals surface area contributed by atoms with Gasteiger partial charge in [-0.25, -0.2) is 8.78 Å². The molecule has 0 atom stereocenters. The van der Waals surface area contributed by atoms with Gasteiger partial charge >= 0.3 is 0 Å². The lowest BCUT2D eigenvalue weighted by molar-refractivity contribution is 0.152. The number of nitrogens with two attached hydrogens (primary N) is 1. The van der Waals surface area contributed by atoms with E-state index in [0.29, 0.717) is 4.47 Å². The monoisotopic (exact) mass is 255 g/mol. The van der Waals surface area contributed by atoms with Crippen LogP contribution in [0.3, 0.4) is 0 Å². The molecule has 0 aromatic heterocycles. The summed E-state index contributed by atoms with van der Waals surface area (Å²) in [4.78, 5) is 0. The number of rotatable bonds is 1. The van der Waals surface area contributed by atoms with Gasteiger partial charge in [0.2, 0.25) is 0 Å². The number of anilines is 1. The third-order valence-electron chi connectivity index (χ3n) is 1.36. The van der Waals surface area contributed by atoms with Gasteiger partial charge in [-0.3, -0.25) is 0 Å². The minimum atomic E-state index is -2.59. The van der Waals surface area contributed by atoms with Crippen LogP contribution < -0.4 is 5.73 Å². The number of alkyl halides is 2. The molecule has 66 valence electrons. The van der Waals surface area contributed by atoms with E-state index in [4.69, 9.17) is 17.3 Å². The second-order valence-electron chi connectivity index (χ2n) is 2.20. The van der Waals surface area contributed by atoms with Crippen molar-refractivity contribution >= 4 is 33.2 Å². The Morgan fingerprint density at radius 3 is 2.50 bits per heavy atom. The number of benzene rings is 1. The summed E-state index contributed by atoms with van der Waals surface area (Å²) in [7, 11) is 0. The highest BCUT2D eigenvalue weighted by atomic mass is 79.9. The van der Waals surface area contributed by atoms with E-state index in [-0.39, 0.29) is 16.3 Å². The zero-order valence-corrected chi connectivity index (χ0v) is 8.16. The van der Waals surface area contributed by atoms with E-state index in [2.05, 4.69) is 15.9 Å². The quantitative estimate of drug-likeness (QED) is 0.763. The first-order valence-corrected chi connectivity index (χ1v) is 4.22. The van der Waals surface area contributed by atoms with E-state index in [1.54, 1.807) is 0 Å². The van der Waals surface area contributed by atoms with Crippen molar-refractivity contribution in [1.82, 2.24) is 0 Å². The zero-order chi connectivity index (χ0) is 9.30. The van der Waals surface area contributed by atoms with Crippen LogP contribution in [0.25, 0.3) is 0 Å². The van der Waals surface area contributed by atoms with Gasteiger partial charge in [-0.1, -0.05) is 11.6 Å². The molecular weight excluding hydrogens is 251 g/mol. The Bertz CT molecular complexity index is 304. The Morgan fingerprint density at radius 1 is 1.42 bits per heavy atom. The van der Waals surface area contributed by atoms with Crippen LogP contribution in [0, 0.1) is 0 Å². The third-order valence-corrected chi connectivity index (χ3v) is 2.56. The topological polar surface area (TPSA) is 26.0 Å². The number of halogens is 4. The molecule has 0 fully saturated rings. The Balaban J connectivity index is 3.23. The Hall–Kier alpha value is -0.350. The summed E-state index contributed by atoms with van der Waals surface area (Å²) >= 11 is 8.67. The Morgan fingerprint density at radius 2 is 2.00 bits per heavy atom. The highest BCUT2D eigenvalue weighted by molar-refractivity contribution is 9.10. The highest BCUT2D eigenvalue weighted by Crippen LogP contribution is 2.32. The minimum Gasteiger partial charge on any atom is -0.398 e. The Kier molecular flexibility index (Phi) is 2.90. The summed E-state index contributed by atoms with van der Waals surface area (Å²) in [5, 5.41) is 0.236. The van der Waals surface area contributed by atoms with Crippen LogP contribution in [-0.2, 0) is 0 Å². The maximum absolute atomic E-state index is 12.2. The normalized spacial score (nSPS) is 10.8. The zero-order valence-electron chi connectivity index (χ0n) is 5.82. The average Bonchev–Trinajstić information content (AvgIpc) is 1.96. The van der Waals surface area contributed by atoms with Gasteiger partial charge in [-0.2, -0.15) is 0 Å². The molecule has 0 bridgehead atoms. The fourth-order valence-electron chi connectivity index (χ4n) is 0.767. The summed E-state index contributed by atoms with van der Waals surface area (Å²) < 4.78 is 24.9. The Labute approximate surface area is 81.6 Å². The first-order valence-electron chi connectivity index (χ1n) is 3.05. The van der Waals surface area contributed by atoms with Gasteiger partial charge in [-0.05, 0) is 28.1 Å². The van der Waals surface area contributed by atoms with Gasteiger partial charge in [0, 0.05) is 15.7 Å². The van der Waals surface area contributed by atoms with Crippen LogP contribution in [0.2, 0.25) is 5.02 Å². The number of nitrogen functional groups attached to an aromatic ring is 1. The molecule has 0 saturated heterocycles. The van der Waals surface area contributed by atoms with Crippen molar-refractivity contribution in [3.63, 3.8) is 0 Å². The molecule has 5 heteroatoms. The molecule has 1 aromatic rings. The van der Waals surface area contributed by atoms with Crippen molar-refractivity contribution in [3.8, 4) is 0 Å². The smallest absolute Gasteiger partial charge is 0.265 e. The molecule has 0 aliphatic rings. The van der Waals surface area contributed by atoms with E-state index < -0.39 is 6.43 Å². The SMILES string of the molecule is Nc1cc(Br)c(Cl)cc1C(F)F. The summed E-state index contributed by atoms with van der Waals surface area (Å²) in [6.45, 7) is 0. The molecule has 0 aliphatic carbocycles. The molecule has 0 unspecified atom stereocenters. The standard InChI is InChI=1S/C7H5BrClF2N/c8-4-2-6(12)3(7(10)11)1-5(4)9/h1-2,7H,12H2. The predicted octanol–water partition coefficient (Wildman–Crippen LogP) is 3.62. The second kappa shape index (κ2) is 3.58. The van der Waals surface area contributed by atoms with Crippen LogP contribution in [0.4, 0.5) is 14.5 Å².